The molecule has 7 heterocycles. The van der Waals surface area contributed by atoms with Crippen molar-refractivity contribution in [1.82, 2.24) is 30.0 Å². The van der Waals surface area contributed by atoms with Gasteiger partial charge in [-0.15, -0.1) is 11.3 Å². The van der Waals surface area contributed by atoms with Gasteiger partial charge >= 0.3 is 6.01 Å². The molecule has 2 atom stereocenters. The predicted octanol–water partition coefficient (Wildman–Crippen LogP) is 5.03. The highest BCUT2D eigenvalue weighted by Gasteiger charge is 2.49. The Morgan fingerprint density at radius 1 is 1.24 bits per heavy atom. The van der Waals surface area contributed by atoms with Crippen LogP contribution in [0, 0.1) is 23.0 Å². The van der Waals surface area contributed by atoms with Gasteiger partial charge in [0.15, 0.2) is 11.6 Å². The maximum absolute atomic E-state index is 17.1. The van der Waals surface area contributed by atoms with Gasteiger partial charge in [-0.1, -0.05) is 0 Å². The zero-order chi connectivity index (χ0) is 31.6. The van der Waals surface area contributed by atoms with E-state index in [1.54, 1.807) is 18.3 Å². The van der Waals surface area contributed by atoms with Crippen LogP contribution in [0.4, 0.5) is 24.0 Å². The topological polar surface area (TPSA) is 148 Å². The fourth-order valence-corrected chi connectivity index (χ4v) is 8.01. The Morgan fingerprint density at radius 2 is 2.11 bits per heavy atom. The lowest BCUT2D eigenvalue weighted by atomic mass is 9.93. The third kappa shape index (κ3) is 4.50. The average Bonchev–Trinajstić information content (AvgIpc) is 3.83. The number of nitriles is 1. The maximum Gasteiger partial charge on any atom is 0.319 e. The first-order valence-corrected chi connectivity index (χ1v) is 15.6. The molecule has 3 aliphatic rings. The number of nitrogen functional groups attached to an aromatic ring is 1. The molecule has 4 aromatic heterocycles. The minimum absolute atomic E-state index is 0.0234. The molecule has 0 spiro atoms. The second-order valence-corrected chi connectivity index (χ2v) is 12.8. The first kappa shape index (κ1) is 28.8. The predicted molar refractivity (Wildman–Crippen MR) is 164 cm³/mol. The summed E-state index contributed by atoms with van der Waals surface area (Å²) in [6, 6.07) is 5.48. The van der Waals surface area contributed by atoms with Crippen LogP contribution in [0.3, 0.4) is 0 Å². The summed E-state index contributed by atoms with van der Waals surface area (Å²) >= 11 is 0.906. The molecule has 3 aliphatic heterocycles. The number of alkyl halides is 1. The van der Waals surface area contributed by atoms with E-state index in [9.17, 15) is 14.0 Å². The Kier molecular flexibility index (Phi) is 6.89. The molecule has 5 aromatic rings. The minimum Gasteiger partial charge on any atom is -0.461 e. The molecular formula is C31H26F3N9O2S. The SMILES string of the molecule is N#Cc1c(N)sc2c(F)cnc(-c3c4c(c5c(NCc6cccnn6)nc(OCC67CCCN6CC(F)C7)nc5c3F)COC4)c12. The molecule has 8 rings (SSSR count). The van der Waals surface area contributed by atoms with E-state index in [0.29, 0.717) is 41.0 Å². The number of hydrogen-bond acceptors (Lipinski definition) is 12. The first-order valence-electron chi connectivity index (χ1n) is 14.8. The highest BCUT2D eigenvalue weighted by atomic mass is 32.1. The molecule has 234 valence electrons. The smallest absolute Gasteiger partial charge is 0.319 e. The molecule has 0 amide bonds. The summed E-state index contributed by atoms with van der Waals surface area (Å²) in [5.41, 5.74) is 7.40. The van der Waals surface area contributed by atoms with E-state index in [-0.39, 0.29) is 69.8 Å². The number of ether oxygens (including phenoxy) is 2. The summed E-state index contributed by atoms with van der Waals surface area (Å²) in [5.74, 6) is -1.13. The standard InChI is InChI=1S/C31H26F3N9O2S/c32-15-7-31(4-2-6-43(31)11-15)14-45-30-40-26-23(29(41-30)38-9-16-3-1-5-39-42-16)19-13-44-12-18(19)21(24(26)34)25-22-17(8-35)28(36)46-27(22)20(33)10-37-25/h1,3,5,10,15H,2,4,6-7,9,11-14,36H2,(H,38,40,41). The summed E-state index contributed by atoms with van der Waals surface area (Å²) in [4.78, 5) is 15.6. The Morgan fingerprint density at radius 3 is 2.93 bits per heavy atom. The molecule has 3 N–H and O–H groups in total. The molecule has 2 saturated heterocycles. The molecule has 0 radical (unpaired) electrons. The fourth-order valence-electron chi connectivity index (χ4n) is 7.09. The lowest BCUT2D eigenvalue weighted by Crippen LogP contribution is -2.43. The zero-order valence-corrected chi connectivity index (χ0v) is 25.1. The maximum atomic E-state index is 17.1. The van der Waals surface area contributed by atoms with Crippen molar-refractivity contribution < 1.29 is 22.6 Å². The van der Waals surface area contributed by atoms with Crippen LogP contribution in [0.25, 0.3) is 32.2 Å². The number of nitrogens with zero attached hydrogens (tertiary/aromatic N) is 7. The number of aromatic nitrogens is 5. The molecule has 46 heavy (non-hydrogen) atoms. The number of anilines is 2. The number of benzene rings is 1. The Bertz CT molecular complexity index is 2070. The number of fused-ring (bicyclic) bond motifs is 5. The summed E-state index contributed by atoms with van der Waals surface area (Å²) < 4.78 is 58.5. The molecule has 0 saturated carbocycles. The van der Waals surface area contributed by atoms with E-state index >= 15 is 4.39 Å². The van der Waals surface area contributed by atoms with Crippen LogP contribution in [-0.4, -0.2) is 61.5 Å². The summed E-state index contributed by atoms with van der Waals surface area (Å²) in [5, 5.41) is 21.8. The lowest BCUT2D eigenvalue weighted by Gasteiger charge is -2.30. The fraction of sp³-hybridized carbons (Fsp3) is 0.355. The summed E-state index contributed by atoms with van der Waals surface area (Å²) in [6.07, 6.45) is 3.67. The van der Waals surface area contributed by atoms with Crippen LogP contribution < -0.4 is 15.8 Å². The molecule has 2 unspecified atom stereocenters. The Balaban J connectivity index is 1.31. The van der Waals surface area contributed by atoms with Gasteiger partial charge in [-0.3, -0.25) is 9.88 Å². The molecule has 11 nitrogen and oxygen atoms in total. The zero-order valence-electron chi connectivity index (χ0n) is 24.3. The van der Waals surface area contributed by atoms with Gasteiger partial charge < -0.3 is 20.5 Å². The van der Waals surface area contributed by atoms with Crippen LogP contribution in [0.1, 0.15) is 41.6 Å². The third-order valence-electron chi connectivity index (χ3n) is 9.12. The second-order valence-electron chi connectivity index (χ2n) is 11.8. The van der Waals surface area contributed by atoms with Crippen LogP contribution in [0.15, 0.2) is 24.5 Å². The molecule has 15 heteroatoms. The third-order valence-corrected chi connectivity index (χ3v) is 10.1. The molecule has 2 fully saturated rings. The van der Waals surface area contributed by atoms with Crippen molar-refractivity contribution in [2.75, 3.05) is 30.7 Å². The van der Waals surface area contributed by atoms with E-state index in [4.69, 9.17) is 15.2 Å². The Labute approximate surface area is 264 Å². The lowest BCUT2D eigenvalue weighted by molar-refractivity contribution is 0.107. The number of nitrogens with two attached hydrogens (primary N) is 1. The van der Waals surface area contributed by atoms with E-state index in [0.717, 1.165) is 36.9 Å². The van der Waals surface area contributed by atoms with Crippen molar-refractivity contribution >= 4 is 43.1 Å². The number of pyridine rings is 1. The van der Waals surface area contributed by atoms with Gasteiger partial charge in [0.2, 0.25) is 0 Å². The number of rotatable bonds is 7. The van der Waals surface area contributed by atoms with E-state index in [1.807, 2.05) is 6.07 Å². The van der Waals surface area contributed by atoms with E-state index < -0.39 is 23.3 Å². The van der Waals surface area contributed by atoms with Crippen LogP contribution in [-0.2, 0) is 24.5 Å². The molecule has 1 aromatic carbocycles. The van der Waals surface area contributed by atoms with E-state index in [1.165, 1.54) is 0 Å². The van der Waals surface area contributed by atoms with Gasteiger partial charge in [0.05, 0.1) is 58.5 Å². The molecule has 0 bridgehead atoms. The quantitative estimate of drug-likeness (QED) is 0.246. The minimum atomic E-state index is -0.947. The van der Waals surface area contributed by atoms with Crippen molar-refractivity contribution in [1.29, 1.82) is 5.26 Å². The van der Waals surface area contributed by atoms with Crippen LogP contribution in [0.2, 0.25) is 0 Å². The molecular weight excluding hydrogens is 619 g/mol. The summed E-state index contributed by atoms with van der Waals surface area (Å²) in [7, 11) is 0. The first-order chi connectivity index (χ1) is 22.4. The number of halogens is 3. The largest absolute Gasteiger partial charge is 0.461 e. The van der Waals surface area contributed by atoms with Crippen LogP contribution >= 0.6 is 11.3 Å². The van der Waals surface area contributed by atoms with E-state index in [2.05, 4.69) is 35.4 Å². The molecule has 0 aliphatic carbocycles. The highest BCUT2D eigenvalue weighted by Crippen LogP contribution is 2.46. The average molecular weight is 646 g/mol. The van der Waals surface area contributed by atoms with Gasteiger partial charge in [-0.05, 0) is 42.6 Å². The van der Waals surface area contributed by atoms with Crippen molar-refractivity contribution in [2.24, 2.45) is 0 Å². The van der Waals surface area contributed by atoms with Gasteiger partial charge in [0.25, 0.3) is 0 Å². The normalized spacial score (nSPS) is 20.7. The van der Waals surface area contributed by atoms with Gasteiger partial charge in [-0.2, -0.15) is 25.4 Å². The number of thiophene rings is 1. The number of hydrogen-bond donors (Lipinski definition) is 2. The van der Waals surface area contributed by atoms with Gasteiger partial charge in [0.1, 0.15) is 35.2 Å². The van der Waals surface area contributed by atoms with Crippen molar-refractivity contribution in [3.05, 3.63) is 58.5 Å². The summed E-state index contributed by atoms with van der Waals surface area (Å²) in [6.45, 7) is 1.68. The van der Waals surface area contributed by atoms with Crippen molar-refractivity contribution in [3.8, 4) is 23.3 Å². The monoisotopic (exact) mass is 645 g/mol. The number of nitrogens with one attached hydrogen (secondary N) is 1. The van der Waals surface area contributed by atoms with Gasteiger partial charge in [0, 0.05) is 30.1 Å². The van der Waals surface area contributed by atoms with Crippen LogP contribution in [0.5, 0.6) is 6.01 Å². The van der Waals surface area contributed by atoms with Gasteiger partial charge in [-0.25, -0.2) is 13.2 Å². The highest BCUT2D eigenvalue weighted by molar-refractivity contribution is 7.23. The van der Waals surface area contributed by atoms with Crippen molar-refractivity contribution in [3.63, 3.8) is 0 Å². The van der Waals surface area contributed by atoms with Crippen molar-refractivity contribution in [2.45, 2.75) is 50.7 Å². The second kappa shape index (κ2) is 11.0. The Hall–Kier alpha value is -4.65.